The van der Waals surface area contributed by atoms with E-state index in [9.17, 15) is 40.6 Å². The van der Waals surface area contributed by atoms with Crippen molar-refractivity contribution in [3.05, 3.63) is 52.8 Å². The number of carbonyl (C=O) groups excluding carboxylic acids is 1. The summed E-state index contributed by atoms with van der Waals surface area (Å²) in [6, 6.07) is 5.78. The number of fused-ring (bicyclic) bond motifs is 1. The summed E-state index contributed by atoms with van der Waals surface area (Å²) in [5.41, 5.74) is -3.33. The Kier molecular flexibility index (Phi) is 5.26. The van der Waals surface area contributed by atoms with Crippen molar-refractivity contribution in [2.45, 2.75) is 62.0 Å². The van der Waals surface area contributed by atoms with E-state index in [4.69, 9.17) is 4.74 Å². The Labute approximate surface area is 176 Å². The topological polar surface area (TPSA) is 64.3 Å². The van der Waals surface area contributed by atoms with Gasteiger partial charge in [0.15, 0.2) is 11.8 Å². The summed E-state index contributed by atoms with van der Waals surface area (Å²) in [5, 5.41) is 13.1. The number of hydrogen-bond donors (Lipinski definition) is 1. The lowest BCUT2D eigenvalue weighted by atomic mass is 9.89. The van der Waals surface area contributed by atoms with E-state index in [0.717, 1.165) is 0 Å². The largest absolute Gasteiger partial charge is 0.447 e. The van der Waals surface area contributed by atoms with Crippen molar-refractivity contribution in [2.24, 2.45) is 0 Å². The molecule has 0 amide bonds. The van der Waals surface area contributed by atoms with E-state index in [1.807, 2.05) is 0 Å². The summed E-state index contributed by atoms with van der Waals surface area (Å²) in [6.45, 7) is 0. The van der Waals surface area contributed by atoms with E-state index in [1.54, 1.807) is 6.07 Å². The second-order valence-corrected chi connectivity index (χ2v) is 7.95. The number of nitrogens with zero attached hydrogens (tertiary/aromatic N) is 2. The van der Waals surface area contributed by atoms with Gasteiger partial charge in [0.25, 0.3) is 11.8 Å². The molecule has 174 valence electrons. The minimum Gasteiger partial charge on any atom is -0.447 e. The molecule has 2 aliphatic rings. The second-order valence-electron chi connectivity index (χ2n) is 7.95. The number of aliphatic hydroxyl groups excluding tert-OH is 1. The number of benzene rings is 1. The molecule has 1 fully saturated rings. The Bertz CT molecular complexity index is 1020. The van der Waals surface area contributed by atoms with Gasteiger partial charge in [-0.3, -0.25) is 4.68 Å². The Hall–Kier alpha value is -2.63. The highest BCUT2D eigenvalue weighted by atomic mass is 19.4. The molecule has 2 aliphatic carbocycles. The maximum Gasteiger partial charge on any atom is 0.435 e. The highest BCUT2D eigenvalue weighted by molar-refractivity contribution is 5.89. The van der Waals surface area contributed by atoms with Crippen LogP contribution in [0.2, 0.25) is 0 Å². The van der Waals surface area contributed by atoms with Crippen LogP contribution in [-0.2, 0) is 17.3 Å². The van der Waals surface area contributed by atoms with Crippen LogP contribution in [-0.4, -0.2) is 38.8 Å². The van der Waals surface area contributed by atoms with Crippen LogP contribution < -0.4 is 0 Å². The molecule has 0 radical (unpaired) electrons. The number of aromatic nitrogens is 2. The van der Waals surface area contributed by atoms with Crippen molar-refractivity contribution in [3.8, 4) is 0 Å². The SMILES string of the molecule is O=C(O[C@H]1c2c(C(F)(F)F)nn([C@@H]3CCC(F)(F)[C@H](O)C3)c2CC1(F)F)c1ccccc1. The van der Waals surface area contributed by atoms with Crippen molar-refractivity contribution in [2.75, 3.05) is 0 Å². The van der Waals surface area contributed by atoms with Gasteiger partial charge in [0.05, 0.1) is 29.3 Å². The highest BCUT2D eigenvalue weighted by Gasteiger charge is 2.58. The Morgan fingerprint density at radius 3 is 2.38 bits per heavy atom. The fourth-order valence-corrected chi connectivity index (χ4v) is 4.16. The van der Waals surface area contributed by atoms with Gasteiger partial charge in [-0.15, -0.1) is 0 Å². The predicted molar refractivity (Wildman–Crippen MR) is 94.3 cm³/mol. The highest BCUT2D eigenvalue weighted by Crippen LogP contribution is 2.52. The normalized spacial score (nSPS) is 26.6. The van der Waals surface area contributed by atoms with Crippen molar-refractivity contribution < 1.29 is 45.4 Å². The third kappa shape index (κ3) is 3.84. The third-order valence-corrected chi connectivity index (χ3v) is 5.74. The fraction of sp³-hybridized carbons (Fsp3) is 0.500. The number of aliphatic hydroxyl groups is 1. The van der Waals surface area contributed by atoms with Crippen LogP contribution in [0.3, 0.4) is 0 Å². The molecule has 2 aromatic rings. The zero-order chi connectivity index (χ0) is 23.5. The minimum absolute atomic E-state index is 0.129. The fourth-order valence-electron chi connectivity index (χ4n) is 4.16. The minimum atomic E-state index is -5.16. The lowest BCUT2D eigenvalue weighted by molar-refractivity contribution is -0.149. The molecule has 3 atom stereocenters. The number of rotatable bonds is 3. The average molecular weight is 466 g/mol. The standard InChI is InChI=1S/C20H17F7N2O3/c21-18(22)7-6-11(8-13(18)30)29-12-9-19(23,24)16(14(12)15(28-29)20(25,26)27)32-17(31)10-4-2-1-3-5-10/h1-5,11,13,16,30H,6-9H2/t11-,13-,16+/m1/s1. The molecule has 1 aromatic heterocycles. The van der Waals surface area contributed by atoms with E-state index in [2.05, 4.69) is 5.10 Å². The molecule has 0 unspecified atom stereocenters. The van der Waals surface area contributed by atoms with Crippen molar-refractivity contribution in [1.29, 1.82) is 0 Å². The molecule has 0 spiro atoms. The van der Waals surface area contributed by atoms with Gasteiger partial charge in [0, 0.05) is 12.8 Å². The number of esters is 1. The van der Waals surface area contributed by atoms with E-state index in [-0.39, 0.29) is 12.0 Å². The van der Waals surface area contributed by atoms with Gasteiger partial charge in [0.1, 0.15) is 6.10 Å². The summed E-state index contributed by atoms with van der Waals surface area (Å²) in [5.74, 6) is -8.55. The number of carbonyl (C=O) groups is 1. The van der Waals surface area contributed by atoms with Crippen LogP contribution in [0.25, 0.3) is 0 Å². The molecule has 1 saturated carbocycles. The Balaban J connectivity index is 1.74. The third-order valence-electron chi connectivity index (χ3n) is 5.74. The van der Waals surface area contributed by atoms with E-state index in [0.29, 0.717) is 4.68 Å². The van der Waals surface area contributed by atoms with Gasteiger partial charge in [-0.05, 0) is 18.6 Å². The maximum atomic E-state index is 14.8. The van der Waals surface area contributed by atoms with Gasteiger partial charge in [0.2, 0.25) is 0 Å². The first kappa shape index (κ1) is 22.6. The Morgan fingerprint density at radius 2 is 1.78 bits per heavy atom. The average Bonchev–Trinajstić information content (AvgIpc) is 3.18. The van der Waals surface area contributed by atoms with Crippen molar-refractivity contribution in [3.63, 3.8) is 0 Å². The van der Waals surface area contributed by atoms with Crippen LogP contribution >= 0.6 is 0 Å². The van der Waals surface area contributed by atoms with Crippen LogP contribution in [0.4, 0.5) is 30.7 Å². The summed E-state index contributed by atoms with van der Waals surface area (Å²) in [4.78, 5) is 12.3. The molecule has 5 nitrogen and oxygen atoms in total. The molecule has 4 rings (SSSR count). The summed E-state index contributed by atoms with van der Waals surface area (Å²) in [6.07, 6.45) is -12.9. The first-order chi connectivity index (χ1) is 14.8. The number of hydrogen-bond acceptors (Lipinski definition) is 4. The molecule has 12 heteroatoms. The molecule has 0 bridgehead atoms. The van der Waals surface area contributed by atoms with Crippen LogP contribution in [0.1, 0.15) is 58.7 Å². The van der Waals surface area contributed by atoms with Crippen LogP contribution in [0.15, 0.2) is 30.3 Å². The molecule has 1 N–H and O–H groups in total. The predicted octanol–water partition coefficient (Wildman–Crippen LogP) is 4.71. The first-order valence-electron chi connectivity index (χ1n) is 9.69. The zero-order valence-corrected chi connectivity index (χ0v) is 16.3. The van der Waals surface area contributed by atoms with E-state index in [1.165, 1.54) is 24.3 Å². The lowest BCUT2D eigenvalue weighted by Gasteiger charge is -2.33. The zero-order valence-electron chi connectivity index (χ0n) is 16.3. The maximum absolute atomic E-state index is 14.8. The van der Waals surface area contributed by atoms with Crippen molar-refractivity contribution in [1.82, 2.24) is 9.78 Å². The molecule has 1 aromatic carbocycles. The molecule has 1 heterocycles. The van der Waals surface area contributed by atoms with E-state index >= 15 is 0 Å². The van der Waals surface area contributed by atoms with Gasteiger partial charge in [-0.1, -0.05) is 18.2 Å². The molecular weight excluding hydrogens is 449 g/mol. The second kappa shape index (κ2) is 7.46. The summed E-state index contributed by atoms with van der Waals surface area (Å²) >= 11 is 0. The molecule has 0 saturated heterocycles. The molecule has 32 heavy (non-hydrogen) atoms. The van der Waals surface area contributed by atoms with Crippen LogP contribution in [0.5, 0.6) is 0 Å². The smallest absolute Gasteiger partial charge is 0.435 e. The number of halogens is 7. The summed E-state index contributed by atoms with van der Waals surface area (Å²) < 4.78 is 103. The monoisotopic (exact) mass is 466 g/mol. The summed E-state index contributed by atoms with van der Waals surface area (Å²) in [7, 11) is 0. The number of alkyl halides is 7. The van der Waals surface area contributed by atoms with Crippen LogP contribution in [0, 0.1) is 0 Å². The quantitative estimate of drug-likeness (QED) is 0.526. The number of ether oxygens (including phenoxy) is 1. The van der Waals surface area contributed by atoms with Gasteiger partial charge < -0.3 is 9.84 Å². The van der Waals surface area contributed by atoms with Gasteiger partial charge >= 0.3 is 12.1 Å². The lowest BCUT2D eigenvalue weighted by Crippen LogP contribution is -2.41. The van der Waals surface area contributed by atoms with Gasteiger partial charge in [-0.2, -0.15) is 18.3 Å². The van der Waals surface area contributed by atoms with Gasteiger partial charge in [-0.25, -0.2) is 22.4 Å². The Morgan fingerprint density at radius 1 is 1.12 bits per heavy atom. The first-order valence-corrected chi connectivity index (χ1v) is 9.69. The van der Waals surface area contributed by atoms with Crippen molar-refractivity contribution >= 4 is 5.97 Å². The van der Waals surface area contributed by atoms with E-state index < -0.39 is 78.5 Å². The molecule has 0 aliphatic heterocycles. The molecular formula is C20H17F7N2O3.